The standard InChI is InChI=1S/C15H12ClNO2/c16-14-6-1-2-7-15(14)19-9-8-18-13-5-3-4-12(10-13)11-17/h1-7,10H,8-9H2. The minimum Gasteiger partial charge on any atom is -0.490 e. The summed E-state index contributed by atoms with van der Waals surface area (Å²) >= 11 is 5.96. The topological polar surface area (TPSA) is 42.2 Å². The van der Waals surface area contributed by atoms with Crippen LogP contribution in [0.25, 0.3) is 0 Å². The molecule has 2 aromatic rings. The lowest BCUT2D eigenvalue weighted by Crippen LogP contribution is -2.09. The first-order valence-electron chi connectivity index (χ1n) is 5.80. The van der Waals surface area contributed by atoms with Crippen LogP contribution in [-0.4, -0.2) is 13.2 Å². The Morgan fingerprint density at radius 3 is 2.58 bits per heavy atom. The molecular weight excluding hydrogens is 262 g/mol. The maximum atomic E-state index is 8.77. The van der Waals surface area contributed by atoms with E-state index in [1.807, 2.05) is 12.1 Å². The minimum absolute atomic E-state index is 0.389. The predicted molar refractivity (Wildman–Crippen MR) is 73.6 cm³/mol. The van der Waals surface area contributed by atoms with Crippen molar-refractivity contribution in [1.29, 1.82) is 5.26 Å². The minimum atomic E-state index is 0.389. The second-order valence-corrected chi connectivity index (χ2v) is 4.17. The van der Waals surface area contributed by atoms with Crippen LogP contribution in [0, 0.1) is 11.3 Å². The molecule has 19 heavy (non-hydrogen) atoms. The normalized spacial score (nSPS) is 9.68. The van der Waals surface area contributed by atoms with Crippen LogP contribution in [0.1, 0.15) is 5.56 Å². The van der Waals surface area contributed by atoms with Gasteiger partial charge in [0, 0.05) is 0 Å². The molecule has 0 aliphatic rings. The molecule has 0 saturated carbocycles. The van der Waals surface area contributed by atoms with Crippen molar-refractivity contribution in [1.82, 2.24) is 0 Å². The Kier molecular flexibility index (Phi) is 4.66. The zero-order valence-corrected chi connectivity index (χ0v) is 10.9. The van der Waals surface area contributed by atoms with Gasteiger partial charge in [-0.15, -0.1) is 0 Å². The number of ether oxygens (including phenoxy) is 2. The second kappa shape index (κ2) is 6.67. The fourth-order valence-electron chi connectivity index (χ4n) is 1.53. The van der Waals surface area contributed by atoms with Gasteiger partial charge in [0.1, 0.15) is 24.7 Å². The SMILES string of the molecule is N#Cc1cccc(OCCOc2ccccc2Cl)c1. The summed E-state index contributed by atoms with van der Waals surface area (Å²) in [5, 5.41) is 9.35. The maximum Gasteiger partial charge on any atom is 0.138 e. The van der Waals surface area contributed by atoms with Crippen molar-refractivity contribution >= 4 is 11.6 Å². The van der Waals surface area contributed by atoms with E-state index in [-0.39, 0.29) is 0 Å². The van der Waals surface area contributed by atoms with Gasteiger partial charge in [0.2, 0.25) is 0 Å². The number of nitrogens with zero attached hydrogens (tertiary/aromatic N) is 1. The van der Waals surface area contributed by atoms with Crippen molar-refractivity contribution in [2.45, 2.75) is 0 Å². The van der Waals surface area contributed by atoms with Gasteiger partial charge in [0.25, 0.3) is 0 Å². The van der Waals surface area contributed by atoms with E-state index >= 15 is 0 Å². The first kappa shape index (κ1) is 13.3. The molecule has 0 aliphatic carbocycles. The molecule has 0 amide bonds. The largest absolute Gasteiger partial charge is 0.490 e. The summed E-state index contributed by atoms with van der Waals surface area (Å²) < 4.78 is 11.0. The summed E-state index contributed by atoms with van der Waals surface area (Å²) in [6.07, 6.45) is 0. The quantitative estimate of drug-likeness (QED) is 0.781. The molecule has 3 nitrogen and oxygen atoms in total. The summed E-state index contributed by atoms with van der Waals surface area (Å²) in [7, 11) is 0. The highest BCUT2D eigenvalue weighted by Crippen LogP contribution is 2.22. The highest BCUT2D eigenvalue weighted by atomic mass is 35.5. The van der Waals surface area contributed by atoms with Crippen molar-refractivity contribution in [3.05, 3.63) is 59.1 Å². The van der Waals surface area contributed by atoms with Crippen molar-refractivity contribution in [3.8, 4) is 17.6 Å². The zero-order valence-electron chi connectivity index (χ0n) is 10.2. The molecule has 2 rings (SSSR count). The Morgan fingerprint density at radius 1 is 1.00 bits per heavy atom. The Hall–Kier alpha value is -2.18. The van der Waals surface area contributed by atoms with Gasteiger partial charge < -0.3 is 9.47 Å². The zero-order chi connectivity index (χ0) is 13.5. The molecule has 0 unspecified atom stereocenters. The van der Waals surface area contributed by atoms with Gasteiger partial charge >= 0.3 is 0 Å². The highest BCUT2D eigenvalue weighted by Gasteiger charge is 2.00. The molecule has 4 heteroatoms. The molecule has 0 radical (unpaired) electrons. The molecule has 0 fully saturated rings. The van der Waals surface area contributed by atoms with Crippen LogP contribution in [0.15, 0.2) is 48.5 Å². The Labute approximate surface area is 117 Å². The molecule has 0 aromatic heterocycles. The van der Waals surface area contributed by atoms with Gasteiger partial charge in [0.15, 0.2) is 0 Å². The summed E-state index contributed by atoms with van der Waals surface area (Å²) in [5.74, 6) is 1.29. The number of rotatable bonds is 5. The smallest absolute Gasteiger partial charge is 0.138 e. The molecule has 96 valence electrons. The van der Waals surface area contributed by atoms with Gasteiger partial charge in [-0.25, -0.2) is 0 Å². The number of para-hydroxylation sites is 1. The molecule has 0 spiro atoms. The molecule has 0 atom stereocenters. The van der Waals surface area contributed by atoms with Crippen molar-refractivity contribution in [3.63, 3.8) is 0 Å². The number of benzene rings is 2. The predicted octanol–water partition coefficient (Wildman–Crippen LogP) is 3.67. The van der Waals surface area contributed by atoms with Crippen LogP contribution in [0.5, 0.6) is 11.5 Å². The van der Waals surface area contributed by atoms with E-state index < -0.39 is 0 Å². The fourth-order valence-corrected chi connectivity index (χ4v) is 1.72. The third kappa shape index (κ3) is 3.90. The van der Waals surface area contributed by atoms with E-state index in [1.54, 1.807) is 36.4 Å². The van der Waals surface area contributed by atoms with E-state index in [1.165, 1.54) is 0 Å². The lowest BCUT2D eigenvalue weighted by atomic mass is 10.2. The van der Waals surface area contributed by atoms with Crippen LogP contribution in [0.4, 0.5) is 0 Å². The lowest BCUT2D eigenvalue weighted by Gasteiger charge is -2.09. The summed E-state index contributed by atoms with van der Waals surface area (Å²) in [4.78, 5) is 0. The molecular formula is C15H12ClNO2. The Balaban J connectivity index is 1.81. The Morgan fingerprint density at radius 2 is 1.79 bits per heavy atom. The van der Waals surface area contributed by atoms with Gasteiger partial charge in [-0.2, -0.15) is 5.26 Å². The summed E-state index contributed by atoms with van der Waals surface area (Å²) in [6, 6.07) is 16.3. The third-order valence-electron chi connectivity index (χ3n) is 2.41. The van der Waals surface area contributed by atoms with E-state index in [2.05, 4.69) is 6.07 Å². The van der Waals surface area contributed by atoms with Crippen LogP contribution in [-0.2, 0) is 0 Å². The highest BCUT2D eigenvalue weighted by molar-refractivity contribution is 6.32. The second-order valence-electron chi connectivity index (χ2n) is 3.77. The average molecular weight is 274 g/mol. The lowest BCUT2D eigenvalue weighted by molar-refractivity contribution is 0.217. The van der Waals surface area contributed by atoms with Gasteiger partial charge in [-0.05, 0) is 30.3 Å². The number of nitriles is 1. The van der Waals surface area contributed by atoms with Gasteiger partial charge in [-0.3, -0.25) is 0 Å². The van der Waals surface area contributed by atoms with Gasteiger partial charge in [0.05, 0.1) is 16.7 Å². The third-order valence-corrected chi connectivity index (χ3v) is 2.72. The Bertz CT molecular complexity index is 593. The monoisotopic (exact) mass is 273 g/mol. The molecule has 2 aromatic carbocycles. The van der Waals surface area contributed by atoms with Crippen molar-refractivity contribution in [2.24, 2.45) is 0 Å². The first-order valence-corrected chi connectivity index (χ1v) is 6.17. The maximum absolute atomic E-state index is 8.77. The van der Waals surface area contributed by atoms with Crippen molar-refractivity contribution < 1.29 is 9.47 Å². The van der Waals surface area contributed by atoms with E-state index in [0.717, 1.165) is 0 Å². The van der Waals surface area contributed by atoms with Gasteiger partial charge in [-0.1, -0.05) is 29.8 Å². The molecule has 0 heterocycles. The molecule has 0 aliphatic heterocycles. The molecule has 0 saturated heterocycles. The average Bonchev–Trinajstić information content (AvgIpc) is 2.45. The van der Waals surface area contributed by atoms with Crippen LogP contribution < -0.4 is 9.47 Å². The van der Waals surface area contributed by atoms with E-state index in [9.17, 15) is 0 Å². The van der Waals surface area contributed by atoms with Crippen LogP contribution in [0.3, 0.4) is 0 Å². The van der Waals surface area contributed by atoms with Crippen molar-refractivity contribution in [2.75, 3.05) is 13.2 Å². The summed E-state index contributed by atoms with van der Waals surface area (Å²) in [5.41, 5.74) is 0.574. The summed E-state index contributed by atoms with van der Waals surface area (Å²) in [6.45, 7) is 0.778. The van der Waals surface area contributed by atoms with Crippen LogP contribution >= 0.6 is 11.6 Å². The van der Waals surface area contributed by atoms with E-state index in [0.29, 0.717) is 35.3 Å². The number of hydrogen-bond donors (Lipinski definition) is 0. The van der Waals surface area contributed by atoms with E-state index in [4.69, 9.17) is 26.3 Å². The number of halogens is 1. The number of hydrogen-bond acceptors (Lipinski definition) is 3. The first-order chi connectivity index (χ1) is 9.29. The molecule has 0 N–H and O–H groups in total. The van der Waals surface area contributed by atoms with Crippen LogP contribution in [0.2, 0.25) is 5.02 Å². The fraction of sp³-hybridized carbons (Fsp3) is 0.133. The molecule has 0 bridgehead atoms.